The molecule has 8 aromatic carbocycles. The van der Waals surface area contributed by atoms with E-state index in [2.05, 4.69) is 191 Å². The molecule has 0 N–H and O–H groups in total. The smallest absolute Gasteiger partial charge is 0.0547 e. The minimum atomic E-state index is 0.657. The standard InChI is InChI=1S/C58H52N2/c1-4-14-41(15-5-1)43-24-26-44(27-25-43)46-30-35-52(36-31-46)59(51-33-28-45(29-34-51)42-16-6-2-7-17-42)58-39-48-19-11-10-18-47(48)38-55(58)49-32-37-54-53-22-12-13-23-56(53)60(57(54)40-49)50-20-8-3-9-21-50/h3,8-13,18-42H,1-2,4-7,14-17H2. The number of fused-ring (bicyclic) bond motifs is 4. The summed E-state index contributed by atoms with van der Waals surface area (Å²) in [6.07, 6.45) is 13.4. The Balaban J connectivity index is 1.06. The first kappa shape index (κ1) is 36.7. The summed E-state index contributed by atoms with van der Waals surface area (Å²) in [6, 6.07) is 68.6. The SMILES string of the molecule is c1ccc(-n2c3ccccc3c3ccc(-c4cc5ccccc5cc4N(c4ccc(-c5ccc(C6CCCCC6)cc5)cc4)c4ccc(C5CCCCC5)cc4)cc32)cc1. The third-order valence-corrected chi connectivity index (χ3v) is 13.8. The van der Waals surface area contributed by atoms with Crippen LogP contribution in [0.15, 0.2) is 182 Å². The van der Waals surface area contributed by atoms with Gasteiger partial charge in [-0.2, -0.15) is 0 Å². The van der Waals surface area contributed by atoms with Crippen LogP contribution in [0.3, 0.4) is 0 Å². The summed E-state index contributed by atoms with van der Waals surface area (Å²) >= 11 is 0. The first-order valence-electron chi connectivity index (χ1n) is 22.5. The highest BCUT2D eigenvalue weighted by atomic mass is 15.1. The molecule has 0 saturated heterocycles. The Morgan fingerprint density at radius 2 is 0.883 bits per heavy atom. The molecule has 0 bridgehead atoms. The molecule has 0 radical (unpaired) electrons. The van der Waals surface area contributed by atoms with Crippen LogP contribution in [0.25, 0.3) is 60.5 Å². The minimum Gasteiger partial charge on any atom is -0.310 e. The van der Waals surface area contributed by atoms with Crippen LogP contribution in [-0.4, -0.2) is 4.57 Å². The summed E-state index contributed by atoms with van der Waals surface area (Å²) in [5.74, 6) is 1.37. The van der Waals surface area contributed by atoms with Crippen LogP contribution in [0.4, 0.5) is 17.1 Å². The second-order valence-corrected chi connectivity index (χ2v) is 17.4. The van der Waals surface area contributed by atoms with Gasteiger partial charge in [-0.25, -0.2) is 0 Å². The second kappa shape index (κ2) is 16.0. The molecule has 0 aliphatic heterocycles. The van der Waals surface area contributed by atoms with E-state index in [1.165, 1.54) is 147 Å². The van der Waals surface area contributed by atoms with Gasteiger partial charge in [0.15, 0.2) is 0 Å². The summed E-state index contributed by atoms with van der Waals surface area (Å²) in [5, 5.41) is 5.00. The Morgan fingerprint density at radius 1 is 0.383 bits per heavy atom. The van der Waals surface area contributed by atoms with Gasteiger partial charge in [-0.1, -0.05) is 160 Å². The molecule has 0 amide bonds. The van der Waals surface area contributed by atoms with Crippen molar-refractivity contribution in [1.82, 2.24) is 4.57 Å². The van der Waals surface area contributed by atoms with Crippen molar-refractivity contribution < 1.29 is 0 Å². The van der Waals surface area contributed by atoms with Crippen LogP contribution in [0, 0.1) is 0 Å². The third kappa shape index (κ3) is 6.88. The van der Waals surface area contributed by atoms with Crippen LogP contribution in [0.2, 0.25) is 0 Å². The van der Waals surface area contributed by atoms with Crippen molar-refractivity contribution in [3.05, 3.63) is 193 Å². The molecule has 2 nitrogen and oxygen atoms in total. The maximum Gasteiger partial charge on any atom is 0.0547 e. The fourth-order valence-corrected chi connectivity index (χ4v) is 10.6. The quantitative estimate of drug-likeness (QED) is 0.149. The molecular formula is C58H52N2. The molecule has 0 spiro atoms. The van der Waals surface area contributed by atoms with Gasteiger partial charge in [0.2, 0.25) is 0 Å². The molecule has 2 fully saturated rings. The van der Waals surface area contributed by atoms with E-state index >= 15 is 0 Å². The Morgan fingerprint density at radius 3 is 1.53 bits per heavy atom. The van der Waals surface area contributed by atoms with Gasteiger partial charge in [-0.3, -0.25) is 0 Å². The number of anilines is 3. The van der Waals surface area contributed by atoms with Gasteiger partial charge in [0.25, 0.3) is 0 Å². The maximum absolute atomic E-state index is 2.50. The van der Waals surface area contributed by atoms with Crippen molar-refractivity contribution in [2.75, 3.05) is 4.90 Å². The predicted molar refractivity (Wildman–Crippen MR) is 255 cm³/mol. The Kier molecular flexibility index (Phi) is 9.78. The van der Waals surface area contributed by atoms with Crippen LogP contribution < -0.4 is 4.90 Å². The molecule has 294 valence electrons. The fourth-order valence-electron chi connectivity index (χ4n) is 10.6. The molecule has 1 heterocycles. The van der Waals surface area contributed by atoms with Crippen LogP contribution in [0.5, 0.6) is 0 Å². The molecule has 2 aliphatic carbocycles. The molecular weight excluding hydrogens is 725 g/mol. The molecule has 11 rings (SSSR count). The topological polar surface area (TPSA) is 8.17 Å². The molecule has 60 heavy (non-hydrogen) atoms. The van der Waals surface area contributed by atoms with Crippen LogP contribution in [0.1, 0.15) is 87.2 Å². The normalized spacial score (nSPS) is 15.2. The van der Waals surface area contributed by atoms with E-state index in [-0.39, 0.29) is 0 Å². The third-order valence-electron chi connectivity index (χ3n) is 13.8. The van der Waals surface area contributed by atoms with Crippen LogP contribution >= 0.6 is 0 Å². The Bertz CT molecular complexity index is 2910. The van der Waals surface area contributed by atoms with Gasteiger partial charge >= 0.3 is 0 Å². The first-order valence-corrected chi connectivity index (χ1v) is 22.5. The van der Waals surface area contributed by atoms with Gasteiger partial charge in [-0.15, -0.1) is 0 Å². The van der Waals surface area contributed by atoms with Crippen molar-refractivity contribution >= 4 is 49.6 Å². The summed E-state index contributed by atoms with van der Waals surface area (Å²) in [5.41, 5.74) is 15.0. The lowest BCUT2D eigenvalue weighted by Crippen LogP contribution is -2.12. The number of aromatic nitrogens is 1. The first-order chi connectivity index (χ1) is 29.7. The highest BCUT2D eigenvalue weighted by molar-refractivity contribution is 6.11. The number of para-hydroxylation sites is 2. The lowest BCUT2D eigenvalue weighted by atomic mass is 9.84. The number of hydrogen-bond acceptors (Lipinski definition) is 1. The zero-order valence-electron chi connectivity index (χ0n) is 34.4. The van der Waals surface area contributed by atoms with Gasteiger partial charge < -0.3 is 9.47 Å². The van der Waals surface area contributed by atoms with E-state index in [0.29, 0.717) is 11.8 Å². The van der Waals surface area contributed by atoms with E-state index in [9.17, 15) is 0 Å². The van der Waals surface area contributed by atoms with Gasteiger partial charge in [0.05, 0.1) is 16.7 Å². The van der Waals surface area contributed by atoms with Crippen molar-refractivity contribution in [2.24, 2.45) is 0 Å². The Hall–Kier alpha value is -6.38. The summed E-state index contributed by atoms with van der Waals surface area (Å²) < 4.78 is 2.43. The zero-order chi connectivity index (χ0) is 39.8. The Labute approximate surface area is 354 Å². The highest BCUT2D eigenvalue weighted by Crippen LogP contribution is 2.46. The molecule has 0 atom stereocenters. The summed E-state index contributed by atoms with van der Waals surface area (Å²) in [6.45, 7) is 0. The van der Waals surface area contributed by atoms with E-state index < -0.39 is 0 Å². The zero-order valence-corrected chi connectivity index (χ0v) is 34.4. The summed E-state index contributed by atoms with van der Waals surface area (Å²) in [4.78, 5) is 2.50. The van der Waals surface area contributed by atoms with E-state index in [4.69, 9.17) is 0 Å². The second-order valence-electron chi connectivity index (χ2n) is 17.4. The molecule has 1 aromatic heterocycles. The number of nitrogens with zero attached hydrogens (tertiary/aromatic N) is 2. The van der Waals surface area contributed by atoms with E-state index in [1.807, 2.05) is 0 Å². The van der Waals surface area contributed by atoms with Crippen molar-refractivity contribution in [1.29, 1.82) is 0 Å². The van der Waals surface area contributed by atoms with E-state index in [0.717, 1.165) is 5.69 Å². The molecule has 0 unspecified atom stereocenters. The van der Waals surface area contributed by atoms with Gasteiger partial charge in [0.1, 0.15) is 0 Å². The average Bonchev–Trinajstić information content (AvgIpc) is 3.66. The van der Waals surface area contributed by atoms with Gasteiger partial charge in [0, 0.05) is 33.4 Å². The fraction of sp³-hybridized carbons (Fsp3) is 0.207. The van der Waals surface area contributed by atoms with Gasteiger partial charge in [-0.05, 0) is 137 Å². The van der Waals surface area contributed by atoms with E-state index in [1.54, 1.807) is 0 Å². The average molecular weight is 777 g/mol. The molecule has 9 aromatic rings. The van der Waals surface area contributed by atoms with Crippen molar-refractivity contribution in [3.63, 3.8) is 0 Å². The highest BCUT2D eigenvalue weighted by Gasteiger charge is 2.22. The van der Waals surface area contributed by atoms with Crippen molar-refractivity contribution in [2.45, 2.75) is 76.0 Å². The maximum atomic E-state index is 2.50. The molecule has 2 saturated carbocycles. The van der Waals surface area contributed by atoms with Crippen LogP contribution in [-0.2, 0) is 0 Å². The van der Waals surface area contributed by atoms with Crippen molar-refractivity contribution in [3.8, 4) is 27.9 Å². The predicted octanol–water partition coefficient (Wildman–Crippen LogP) is 16.8. The largest absolute Gasteiger partial charge is 0.310 e. The molecule has 2 heteroatoms. The number of rotatable bonds is 8. The lowest BCUT2D eigenvalue weighted by Gasteiger charge is -2.29. The number of hydrogen-bond donors (Lipinski definition) is 0. The summed E-state index contributed by atoms with van der Waals surface area (Å²) in [7, 11) is 0. The molecule has 2 aliphatic rings. The number of benzene rings is 8. The monoisotopic (exact) mass is 776 g/mol. The minimum absolute atomic E-state index is 0.657. The lowest BCUT2D eigenvalue weighted by molar-refractivity contribution is 0.443.